The molecule has 6 nitrogen and oxygen atoms in total. The number of benzene rings is 1. The number of hydrogen-bond acceptors (Lipinski definition) is 5. The van der Waals surface area contributed by atoms with Crippen LogP contribution in [0.1, 0.15) is 30.2 Å². The molecule has 2 aromatic rings. The van der Waals surface area contributed by atoms with Crippen molar-refractivity contribution in [1.82, 2.24) is 20.3 Å². The Morgan fingerprint density at radius 1 is 1.39 bits per heavy atom. The molecule has 1 unspecified atom stereocenters. The van der Waals surface area contributed by atoms with Crippen molar-refractivity contribution in [3.63, 3.8) is 0 Å². The number of aliphatic hydroxyl groups excluding tert-OH is 1. The molecule has 1 aromatic heterocycles. The van der Waals surface area contributed by atoms with Crippen LogP contribution in [0.5, 0.6) is 0 Å². The molecule has 1 saturated heterocycles. The average Bonchev–Trinajstić information content (AvgIpc) is 3.02. The normalized spacial score (nSPS) is 19.7. The van der Waals surface area contributed by atoms with E-state index in [1.807, 2.05) is 18.3 Å². The summed E-state index contributed by atoms with van der Waals surface area (Å²) in [5.74, 6) is 0. The third kappa shape index (κ3) is 4.75. The molecule has 23 heavy (non-hydrogen) atoms. The summed E-state index contributed by atoms with van der Waals surface area (Å²) in [6.45, 7) is 2.76. The number of hydrogen-bond donors (Lipinski definition) is 2. The lowest BCUT2D eigenvalue weighted by Crippen LogP contribution is -2.35. The minimum atomic E-state index is -0.648. The standard InChI is InChI=1S/C16H21ClN4O2/c17-13-5-3-12(4-6-13)16(22)10-21-9-14(19-20-21)11-23-15-2-1-7-18-8-15/h3-6,9,15-16,18,22H,1-2,7-8,10-11H2/t15?,16-/m1/s1. The molecule has 0 bridgehead atoms. The first kappa shape index (κ1) is 16.4. The summed E-state index contributed by atoms with van der Waals surface area (Å²) < 4.78 is 7.47. The van der Waals surface area contributed by atoms with Gasteiger partial charge in [-0.2, -0.15) is 0 Å². The van der Waals surface area contributed by atoms with Crippen LogP contribution in [0.2, 0.25) is 5.02 Å². The van der Waals surface area contributed by atoms with Crippen molar-refractivity contribution in [3.05, 3.63) is 46.7 Å². The SMILES string of the molecule is O[C@H](Cn1cc(COC2CCCNC2)nn1)c1ccc(Cl)cc1. The number of ether oxygens (including phenoxy) is 1. The highest BCUT2D eigenvalue weighted by molar-refractivity contribution is 6.30. The minimum absolute atomic E-state index is 0.244. The van der Waals surface area contributed by atoms with E-state index < -0.39 is 6.10 Å². The molecule has 1 fully saturated rings. The molecule has 2 N–H and O–H groups in total. The van der Waals surface area contributed by atoms with Crippen molar-refractivity contribution >= 4 is 11.6 Å². The third-order valence-electron chi connectivity index (χ3n) is 3.92. The Kier molecular flexibility index (Phi) is 5.61. The van der Waals surface area contributed by atoms with Crippen molar-refractivity contribution in [3.8, 4) is 0 Å². The zero-order chi connectivity index (χ0) is 16.1. The molecule has 1 aliphatic heterocycles. The van der Waals surface area contributed by atoms with E-state index in [4.69, 9.17) is 16.3 Å². The first-order chi connectivity index (χ1) is 11.2. The predicted molar refractivity (Wildman–Crippen MR) is 87.1 cm³/mol. The van der Waals surface area contributed by atoms with Crippen LogP contribution in [0.4, 0.5) is 0 Å². The zero-order valence-corrected chi connectivity index (χ0v) is 13.6. The second kappa shape index (κ2) is 7.88. The van der Waals surface area contributed by atoms with Gasteiger partial charge in [0.05, 0.1) is 31.6 Å². The number of halogens is 1. The average molecular weight is 337 g/mol. The maximum Gasteiger partial charge on any atom is 0.108 e. The molecule has 0 radical (unpaired) electrons. The predicted octanol–water partition coefficient (Wildman–Crippen LogP) is 1.93. The van der Waals surface area contributed by atoms with Crippen LogP contribution in [0, 0.1) is 0 Å². The summed E-state index contributed by atoms with van der Waals surface area (Å²) in [7, 11) is 0. The highest BCUT2D eigenvalue weighted by Crippen LogP contribution is 2.18. The van der Waals surface area contributed by atoms with Gasteiger partial charge in [-0.1, -0.05) is 28.9 Å². The molecular weight excluding hydrogens is 316 g/mol. The molecule has 1 aliphatic rings. The van der Waals surface area contributed by atoms with Gasteiger partial charge in [-0.05, 0) is 37.1 Å². The molecule has 0 aliphatic carbocycles. The number of nitrogens with one attached hydrogen (secondary N) is 1. The van der Waals surface area contributed by atoms with E-state index in [9.17, 15) is 5.11 Å². The van der Waals surface area contributed by atoms with Crippen molar-refractivity contribution in [1.29, 1.82) is 0 Å². The molecule has 124 valence electrons. The lowest BCUT2D eigenvalue weighted by atomic mass is 10.1. The maximum absolute atomic E-state index is 10.2. The van der Waals surface area contributed by atoms with Crippen LogP contribution in [0.3, 0.4) is 0 Å². The first-order valence-electron chi connectivity index (χ1n) is 7.85. The number of rotatable bonds is 6. The summed E-state index contributed by atoms with van der Waals surface area (Å²) in [5, 5.41) is 22.3. The minimum Gasteiger partial charge on any atom is -0.386 e. The van der Waals surface area contributed by atoms with Crippen molar-refractivity contribution < 1.29 is 9.84 Å². The summed E-state index contributed by atoms with van der Waals surface area (Å²) in [5.41, 5.74) is 1.58. The van der Waals surface area contributed by atoms with E-state index in [2.05, 4.69) is 15.6 Å². The van der Waals surface area contributed by atoms with E-state index in [1.54, 1.807) is 16.8 Å². The van der Waals surface area contributed by atoms with Gasteiger partial charge < -0.3 is 15.2 Å². The fourth-order valence-electron chi connectivity index (χ4n) is 2.63. The first-order valence-corrected chi connectivity index (χ1v) is 8.23. The maximum atomic E-state index is 10.2. The highest BCUT2D eigenvalue weighted by Gasteiger charge is 2.15. The Hall–Kier alpha value is -1.47. The Bertz CT molecular complexity index is 611. The van der Waals surface area contributed by atoms with Crippen LogP contribution in [-0.2, 0) is 17.9 Å². The van der Waals surface area contributed by atoms with E-state index in [-0.39, 0.29) is 6.10 Å². The second-order valence-electron chi connectivity index (χ2n) is 5.78. The smallest absolute Gasteiger partial charge is 0.108 e. The Morgan fingerprint density at radius 3 is 2.96 bits per heavy atom. The Balaban J connectivity index is 1.51. The molecule has 3 rings (SSSR count). The summed E-state index contributed by atoms with van der Waals surface area (Å²) in [4.78, 5) is 0. The van der Waals surface area contributed by atoms with Gasteiger partial charge in [0.25, 0.3) is 0 Å². The summed E-state index contributed by atoms with van der Waals surface area (Å²) in [6, 6.07) is 7.14. The molecule has 1 aromatic carbocycles. The molecule has 2 atom stereocenters. The monoisotopic (exact) mass is 336 g/mol. The van der Waals surface area contributed by atoms with Gasteiger partial charge in [-0.15, -0.1) is 5.10 Å². The second-order valence-corrected chi connectivity index (χ2v) is 6.22. The van der Waals surface area contributed by atoms with Gasteiger partial charge in [-0.3, -0.25) is 0 Å². The molecule has 0 amide bonds. The fourth-order valence-corrected chi connectivity index (χ4v) is 2.75. The molecule has 2 heterocycles. The summed E-state index contributed by atoms with van der Waals surface area (Å²) in [6.07, 6.45) is 3.63. The van der Waals surface area contributed by atoms with Crippen LogP contribution in [0.25, 0.3) is 0 Å². The van der Waals surface area contributed by atoms with Gasteiger partial charge in [0.1, 0.15) is 5.69 Å². The van der Waals surface area contributed by atoms with Gasteiger partial charge in [0.15, 0.2) is 0 Å². The van der Waals surface area contributed by atoms with E-state index in [0.29, 0.717) is 18.2 Å². The van der Waals surface area contributed by atoms with E-state index >= 15 is 0 Å². The zero-order valence-electron chi connectivity index (χ0n) is 12.9. The van der Waals surface area contributed by atoms with Gasteiger partial charge >= 0.3 is 0 Å². The molecule has 0 spiro atoms. The van der Waals surface area contributed by atoms with Crippen molar-refractivity contribution in [2.75, 3.05) is 13.1 Å². The van der Waals surface area contributed by atoms with E-state index in [1.165, 1.54) is 0 Å². The van der Waals surface area contributed by atoms with Crippen LogP contribution in [-0.4, -0.2) is 39.3 Å². The highest BCUT2D eigenvalue weighted by atomic mass is 35.5. The quantitative estimate of drug-likeness (QED) is 0.843. The number of aliphatic hydroxyl groups is 1. The van der Waals surface area contributed by atoms with Gasteiger partial charge in [-0.25, -0.2) is 4.68 Å². The van der Waals surface area contributed by atoms with Gasteiger partial charge in [0, 0.05) is 11.6 Å². The lowest BCUT2D eigenvalue weighted by molar-refractivity contribution is 0.0235. The fraction of sp³-hybridized carbons (Fsp3) is 0.500. The number of aromatic nitrogens is 3. The van der Waals surface area contributed by atoms with Gasteiger partial charge in [0.2, 0.25) is 0 Å². The van der Waals surface area contributed by atoms with Crippen LogP contribution in [0.15, 0.2) is 30.5 Å². The molecular formula is C16H21ClN4O2. The number of piperidine rings is 1. The molecule has 0 saturated carbocycles. The number of nitrogens with zero attached hydrogens (tertiary/aromatic N) is 3. The third-order valence-corrected chi connectivity index (χ3v) is 4.17. The largest absolute Gasteiger partial charge is 0.386 e. The lowest BCUT2D eigenvalue weighted by Gasteiger charge is -2.22. The van der Waals surface area contributed by atoms with Crippen molar-refractivity contribution in [2.24, 2.45) is 0 Å². The summed E-state index contributed by atoms with van der Waals surface area (Å²) >= 11 is 5.85. The Labute approximate surface area is 140 Å². The van der Waals surface area contributed by atoms with Crippen molar-refractivity contribution in [2.45, 2.75) is 38.2 Å². The Morgan fingerprint density at radius 2 is 2.22 bits per heavy atom. The van der Waals surface area contributed by atoms with Crippen LogP contribution < -0.4 is 5.32 Å². The topological polar surface area (TPSA) is 72.2 Å². The van der Waals surface area contributed by atoms with Crippen LogP contribution >= 0.6 is 11.6 Å². The van der Waals surface area contributed by atoms with E-state index in [0.717, 1.165) is 37.2 Å². The molecule has 7 heteroatoms.